The summed E-state index contributed by atoms with van der Waals surface area (Å²) in [5, 5.41) is 7.14. The number of rotatable bonds is 8. The van der Waals surface area contributed by atoms with E-state index in [-0.39, 0.29) is 0 Å². The molecule has 18 heavy (non-hydrogen) atoms. The third-order valence-electron chi connectivity index (χ3n) is 3.55. The van der Waals surface area contributed by atoms with Crippen LogP contribution in [0.3, 0.4) is 0 Å². The highest BCUT2D eigenvalue weighted by Gasteiger charge is 2.20. The van der Waals surface area contributed by atoms with Gasteiger partial charge < -0.3 is 10.6 Å². The Labute approximate surface area is 111 Å². The zero-order chi connectivity index (χ0) is 12.8. The summed E-state index contributed by atoms with van der Waals surface area (Å²) in [5.41, 5.74) is 2.79. The molecule has 1 aliphatic rings. The summed E-state index contributed by atoms with van der Waals surface area (Å²) < 4.78 is 0. The van der Waals surface area contributed by atoms with Gasteiger partial charge in [0.1, 0.15) is 0 Å². The van der Waals surface area contributed by atoms with E-state index in [1.807, 2.05) is 0 Å². The smallest absolute Gasteiger partial charge is 0.0164 e. The zero-order valence-corrected chi connectivity index (χ0v) is 11.7. The molecule has 2 nitrogen and oxygen atoms in total. The first-order chi connectivity index (χ1) is 8.74. The number of nitrogens with one attached hydrogen (secondary N) is 2. The predicted molar refractivity (Wildman–Crippen MR) is 78.0 cm³/mol. The molecule has 0 saturated heterocycles. The molecule has 100 valence electrons. The average Bonchev–Trinajstić information content (AvgIpc) is 3.18. The molecular formula is C16H26N2. The molecule has 0 aliphatic heterocycles. The summed E-state index contributed by atoms with van der Waals surface area (Å²) in [6.07, 6.45) is 5.15. The lowest BCUT2D eigenvalue weighted by Crippen LogP contribution is -2.37. The van der Waals surface area contributed by atoms with E-state index in [0.717, 1.165) is 19.1 Å². The van der Waals surface area contributed by atoms with Crippen molar-refractivity contribution in [3.05, 3.63) is 35.4 Å². The van der Waals surface area contributed by atoms with Crippen molar-refractivity contribution in [2.24, 2.45) is 0 Å². The molecule has 0 heterocycles. The van der Waals surface area contributed by atoms with Gasteiger partial charge in [-0.1, -0.05) is 29.8 Å². The Morgan fingerprint density at radius 1 is 1.22 bits per heavy atom. The van der Waals surface area contributed by atoms with Gasteiger partial charge in [0.05, 0.1) is 0 Å². The molecule has 1 unspecified atom stereocenters. The zero-order valence-electron chi connectivity index (χ0n) is 11.7. The molecule has 1 aliphatic carbocycles. The Balaban J connectivity index is 1.53. The molecule has 1 aromatic carbocycles. The minimum absolute atomic E-state index is 0.587. The second-order valence-electron chi connectivity index (χ2n) is 5.63. The Morgan fingerprint density at radius 2 is 1.94 bits per heavy atom. The predicted octanol–water partition coefficient (Wildman–Crippen LogP) is 2.66. The summed E-state index contributed by atoms with van der Waals surface area (Å²) in [4.78, 5) is 0. The summed E-state index contributed by atoms with van der Waals surface area (Å²) in [5.74, 6) is 0. The van der Waals surface area contributed by atoms with Gasteiger partial charge in [-0.25, -0.2) is 0 Å². The van der Waals surface area contributed by atoms with Crippen molar-refractivity contribution in [1.82, 2.24) is 10.6 Å². The maximum atomic E-state index is 3.58. The molecule has 1 atom stereocenters. The molecule has 0 bridgehead atoms. The Morgan fingerprint density at radius 3 is 2.61 bits per heavy atom. The molecule has 1 aromatic rings. The summed E-state index contributed by atoms with van der Waals surface area (Å²) >= 11 is 0. The quantitative estimate of drug-likeness (QED) is 0.689. The average molecular weight is 246 g/mol. The van der Waals surface area contributed by atoms with Crippen LogP contribution in [0.4, 0.5) is 0 Å². The first-order valence-electron chi connectivity index (χ1n) is 7.26. The monoisotopic (exact) mass is 246 g/mol. The van der Waals surface area contributed by atoms with Gasteiger partial charge in [-0.3, -0.25) is 0 Å². The van der Waals surface area contributed by atoms with Gasteiger partial charge in [0.15, 0.2) is 0 Å². The van der Waals surface area contributed by atoms with Crippen LogP contribution < -0.4 is 10.6 Å². The van der Waals surface area contributed by atoms with Gasteiger partial charge in [-0.2, -0.15) is 0 Å². The molecule has 1 saturated carbocycles. The van der Waals surface area contributed by atoms with E-state index in [0.29, 0.717) is 6.04 Å². The lowest BCUT2D eigenvalue weighted by atomic mass is 10.1. The Hall–Kier alpha value is -0.860. The molecule has 0 aromatic heterocycles. The van der Waals surface area contributed by atoms with Crippen molar-refractivity contribution in [1.29, 1.82) is 0 Å². The van der Waals surface area contributed by atoms with E-state index in [9.17, 15) is 0 Å². The highest BCUT2D eigenvalue weighted by atomic mass is 15.0. The topological polar surface area (TPSA) is 24.1 Å². The fourth-order valence-electron chi connectivity index (χ4n) is 2.10. The number of aryl methyl sites for hydroxylation is 2. The highest BCUT2D eigenvalue weighted by molar-refractivity contribution is 5.21. The lowest BCUT2D eigenvalue weighted by Gasteiger charge is -2.14. The van der Waals surface area contributed by atoms with Crippen LogP contribution in [-0.2, 0) is 6.42 Å². The SMILES string of the molecule is Cc1ccc(CCCNC(C)CNC2CC2)cc1. The molecular weight excluding hydrogens is 220 g/mol. The Bertz CT molecular complexity index is 341. The van der Waals surface area contributed by atoms with E-state index in [4.69, 9.17) is 0 Å². The molecule has 0 radical (unpaired) electrons. The van der Waals surface area contributed by atoms with E-state index in [2.05, 4.69) is 48.7 Å². The van der Waals surface area contributed by atoms with Gasteiger partial charge in [-0.15, -0.1) is 0 Å². The van der Waals surface area contributed by atoms with Crippen molar-refractivity contribution in [3.8, 4) is 0 Å². The third-order valence-corrected chi connectivity index (χ3v) is 3.55. The highest BCUT2D eigenvalue weighted by Crippen LogP contribution is 2.18. The third kappa shape index (κ3) is 5.19. The van der Waals surface area contributed by atoms with Crippen LogP contribution in [0.1, 0.15) is 37.3 Å². The molecule has 0 amide bonds. The van der Waals surface area contributed by atoms with Crippen LogP contribution >= 0.6 is 0 Å². The maximum Gasteiger partial charge on any atom is 0.0164 e. The second kappa shape index (κ2) is 6.91. The van der Waals surface area contributed by atoms with Crippen molar-refractivity contribution in [2.45, 2.75) is 51.6 Å². The molecule has 2 rings (SSSR count). The maximum absolute atomic E-state index is 3.58. The van der Waals surface area contributed by atoms with Crippen molar-refractivity contribution < 1.29 is 0 Å². The van der Waals surface area contributed by atoms with Gasteiger partial charge in [0.25, 0.3) is 0 Å². The van der Waals surface area contributed by atoms with Gasteiger partial charge in [-0.05, 0) is 51.6 Å². The first kappa shape index (κ1) is 13.6. The van der Waals surface area contributed by atoms with E-state index in [1.54, 1.807) is 0 Å². The normalized spacial score (nSPS) is 16.8. The van der Waals surface area contributed by atoms with Crippen molar-refractivity contribution >= 4 is 0 Å². The van der Waals surface area contributed by atoms with Crippen molar-refractivity contribution in [2.75, 3.05) is 13.1 Å². The van der Waals surface area contributed by atoms with E-state index in [1.165, 1.54) is 36.8 Å². The van der Waals surface area contributed by atoms with Crippen molar-refractivity contribution in [3.63, 3.8) is 0 Å². The van der Waals surface area contributed by atoms with Gasteiger partial charge >= 0.3 is 0 Å². The summed E-state index contributed by atoms with van der Waals surface area (Å²) in [6, 6.07) is 10.3. The Kier molecular flexibility index (Phi) is 5.21. The lowest BCUT2D eigenvalue weighted by molar-refractivity contribution is 0.494. The summed E-state index contributed by atoms with van der Waals surface area (Å²) in [6.45, 7) is 6.62. The van der Waals surface area contributed by atoms with Gasteiger partial charge in [0.2, 0.25) is 0 Å². The van der Waals surface area contributed by atoms with Gasteiger partial charge in [0, 0.05) is 18.6 Å². The van der Waals surface area contributed by atoms with Crippen LogP contribution in [-0.4, -0.2) is 25.2 Å². The van der Waals surface area contributed by atoms with Crippen LogP contribution in [0.15, 0.2) is 24.3 Å². The van der Waals surface area contributed by atoms with Crippen LogP contribution in [0.5, 0.6) is 0 Å². The van der Waals surface area contributed by atoms with E-state index < -0.39 is 0 Å². The fourth-order valence-corrected chi connectivity index (χ4v) is 2.10. The van der Waals surface area contributed by atoms with Crippen LogP contribution in [0.25, 0.3) is 0 Å². The number of hydrogen-bond acceptors (Lipinski definition) is 2. The number of hydrogen-bond donors (Lipinski definition) is 2. The molecule has 2 N–H and O–H groups in total. The standard InChI is InChI=1S/C16H26N2/c1-13-5-7-15(8-6-13)4-3-11-17-14(2)12-18-16-9-10-16/h5-8,14,16-18H,3-4,9-12H2,1-2H3. The largest absolute Gasteiger partial charge is 0.313 e. The summed E-state index contributed by atoms with van der Waals surface area (Å²) in [7, 11) is 0. The fraction of sp³-hybridized carbons (Fsp3) is 0.625. The number of benzene rings is 1. The molecule has 1 fully saturated rings. The minimum Gasteiger partial charge on any atom is -0.313 e. The first-order valence-corrected chi connectivity index (χ1v) is 7.26. The van der Waals surface area contributed by atoms with Crippen LogP contribution in [0.2, 0.25) is 0 Å². The van der Waals surface area contributed by atoms with E-state index >= 15 is 0 Å². The molecule has 0 spiro atoms. The molecule has 2 heteroatoms. The van der Waals surface area contributed by atoms with Crippen LogP contribution in [0, 0.1) is 6.92 Å². The second-order valence-corrected chi connectivity index (χ2v) is 5.63. The minimum atomic E-state index is 0.587.